The van der Waals surface area contributed by atoms with Crippen molar-refractivity contribution in [1.82, 2.24) is 25.1 Å². The Kier molecular flexibility index (Phi) is 4.69. The number of rotatable bonds is 6. The Morgan fingerprint density at radius 1 is 1.28 bits per heavy atom. The topological polar surface area (TPSA) is 122 Å². The van der Waals surface area contributed by atoms with Crippen molar-refractivity contribution in [2.45, 2.75) is 26.2 Å². The van der Waals surface area contributed by atoms with Gasteiger partial charge in [-0.1, -0.05) is 6.07 Å². The summed E-state index contributed by atoms with van der Waals surface area (Å²) in [6, 6.07) is 7.29. The molecule has 0 aliphatic carbocycles. The molecular weight excluding hydrogens is 318 g/mol. The van der Waals surface area contributed by atoms with Crippen molar-refractivity contribution < 1.29 is 4.79 Å². The number of H-pyrrole nitrogens is 1. The number of hydrogen-bond acceptors (Lipinski definition) is 6. The first kappa shape index (κ1) is 16.6. The van der Waals surface area contributed by atoms with Crippen LogP contribution in [-0.4, -0.2) is 31.1 Å². The number of nitrogens with one attached hydrogen (secondary N) is 2. The van der Waals surface area contributed by atoms with Gasteiger partial charge in [0.05, 0.1) is 5.92 Å². The number of hydrogen-bond donors (Lipinski definition) is 3. The van der Waals surface area contributed by atoms with E-state index in [4.69, 9.17) is 5.73 Å². The third kappa shape index (κ3) is 4.17. The third-order valence-corrected chi connectivity index (χ3v) is 3.68. The number of aromatic amines is 1. The Hall–Kier alpha value is -3.29. The van der Waals surface area contributed by atoms with Crippen molar-refractivity contribution in [3.05, 3.63) is 59.4 Å². The van der Waals surface area contributed by atoms with E-state index in [9.17, 15) is 4.79 Å². The van der Waals surface area contributed by atoms with E-state index in [-0.39, 0.29) is 0 Å². The summed E-state index contributed by atoms with van der Waals surface area (Å²) in [5.41, 5.74) is 8.04. The highest BCUT2D eigenvalue weighted by atomic mass is 16.1. The number of pyridine rings is 1. The number of nitrogens with zero attached hydrogens (tertiary/aromatic N) is 4. The lowest BCUT2D eigenvalue weighted by molar-refractivity contribution is -0.119. The summed E-state index contributed by atoms with van der Waals surface area (Å²) >= 11 is 0. The Morgan fingerprint density at radius 3 is 2.76 bits per heavy atom. The van der Waals surface area contributed by atoms with Crippen molar-refractivity contribution in [3.63, 3.8) is 0 Å². The first-order chi connectivity index (χ1) is 12.0. The maximum absolute atomic E-state index is 11.9. The molecule has 0 fully saturated rings. The molecule has 0 radical (unpaired) electrons. The molecular formula is C17H19N7O. The molecule has 0 saturated carbocycles. The standard InChI is InChI=1S/C17H19N7O/c1-10-6-14(22-16-7-11(2)23-24-16)21-15(20-10)8-13(17(18)25)12-4-3-5-19-9-12/h3-7,9,13H,8H2,1-2H3,(H2,18,25)(H2,20,21,22,23,24)/t13-/m0/s1. The molecule has 0 saturated heterocycles. The molecule has 3 rings (SSSR count). The first-order valence-corrected chi connectivity index (χ1v) is 7.84. The molecule has 4 N–H and O–H groups in total. The minimum absolute atomic E-state index is 0.303. The Bertz CT molecular complexity index is 876. The lowest BCUT2D eigenvalue weighted by Crippen LogP contribution is -2.24. The molecule has 0 spiro atoms. The minimum Gasteiger partial charge on any atom is -0.369 e. The molecule has 0 bridgehead atoms. The molecule has 25 heavy (non-hydrogen) atoms. The van der Waals surface area contributed by atoms with Gasteiger partial charge in [-0.2, -0.15) is 5.10 Å². The fraction of sp³-hybridized carbons (Fsp3) is 0.235. The summed E-state index contributed by atoms with van der Waals surface area (Å²) in [7, 11) is 0. The lowest BCUT2D eigenvalue weighted by Gasteiger charge is -2.13. The summed E-state index contributed by atoms with van der Waals surface area (Å²) in [5.74, 6) is 0.845. The van der Waals surface area contributed by atoms with Gasteiger partial charge in [0, 0.05) is 42.3 Å². The number of amides is 1. The van der Waals surface area contributed by atoms with E-state index in [2.05, 4.69) is 30.5 Å². The third-order valence-electron chi connectivity index (χ3n) is 3.68. The molecule has 0 aliphatic heterocycles. The largest absolute Gasteiger partial charge is 0.369 e. The van der Waals surface area contributed by atoms with Crippen LogP contribution in [0.2, 0.25) is 0 Å². The van der Waals surface area contributed by atoms with Gasteiger partial charge in [-0.15, -0.1) is 0 Å². The van der Waals surface area contributed by atoms with Gasteiger partial charge < -0.3 is 11.1 Å². The Balaban J connectivity index is 1.85. The summed E-state index contributed by atoms with van der Waals surface area (Å²) < 4.78 is 0. The van der Waals surface area contributed by atoms with Crippen molar-refractivity contribution >= 4 is 17.5 Å². The van der Waals surface area contributed by atoms with Crippen LogP contribution >= 0.6 is 0 Å². The van der Waals surface area contributed by atoms with Crippen molar-refractivity contribution in [1.29, 1.82) is 0 Å². The van der Waals surface area contributed by atoms with Crippen molar-refractivity contribution in [3.8, 4) is 0 Å². The number of nitrogens with two attached hydrogens (primary N) is 1. The quantitative estimate of drug-likeness (QED) is 0.630. The van der Waals surface area contributed by atoms with E-state index >= 15 is 0 Å². The monoisotopic (exact) mass is 337 g/mol. The van der Waals surface area contributed by atoms with Gasteiger partial charge in [0.1, 0.15) is 11.6 Å². The van der Waals surface area contributed by atoms with Crippen LogP contribution in [-0.2, 0) is 11.2 Å². The van der Waals surface area contributed by atoms with Gasteiger partial charge in [0.25, 0.3) is 0 Å². The van der Waals surface area contributed by atoms with Gasteiger partial charge in [-0.3, -0.25) is 14.9 Å². The molecule has 0 aliphatic rings. The molecule has 1 atom stereocenters. The zero-order chi connectivity index (χ0) is 17.8. The smallest absolute Gasteiger partial charge is 0.225 e. The molecule has 3 heterocycles. The second kappa shape index (κ2) is 7.08. The van der Waals surface area contributed by atoms with E-state index in [1.807, 2.05) is 32.0 Å². The number of aryl methyl sites for hydroxylation is 2. The predicted octanol–water partition coefficient (Wildman–Crippen LogP) is 1.77. The lowest BCUT2D eigenvalue weighted by atomic mass is 9.96. The molecule has 8 heteroatoms. The maximum Gasteiger partial charge on any atom is 0.225 e. The van der Waals surface area contributed by atoms with Crippen LogP contribution in [0.5, 0.6) is 0 Å². The fourth-order valence-corrected chi connectivity index (χ4v) is 2.55. The summed E-state index contributed by atoms with van der Waals surface area (Å²) in [6.07, 6.45) is 3.59. The highest BCUT2D eigenvalue weighted by Gasteiger charge is 2.20. The van der Waals surface area contributed by atoms with E-state index in [0.29, 0.717) is 23.9 Å². The second-order valence-corrected chi connectivity index (χ2v) is 5.82. The van der Waals surface area contributed by atoms with Crippen molar-refractivity contribution in [2.75, 3.05) is 5.32 Å². The number of carbonyl (C=O) groups is 1. The molecule has 8 nitrogen and oxygen atoms in total. The Labute approximate surface area is 144 Å². The van der Waals surface area contributed by atoms with Gasteiger partial charge >= 0.3 is 0 Å². The number of anilines is 2. The van der Waals surface area contributed by atoms with E-state index < -0.39 is 11.8 Å². The van der Waals surface area contributed by atoms with Crippen LogP contribution in [0, 0.1) is 13.8 Å². The van der Waals surface area contributed by atoms with Crippen LogP contribution in [0.25, 0.3) is 0 Å². The maximum atomic E-state index is 11.9. The van der Waals surface area contributed by atoms with E-state index in [0.717, 1.165) is 17.0 Å². The Morgan fingerprint density at radius 2 is 2.12 bits per heavy atom. The molecule has 3 aromatic rings. The normalized spacial score (nSPS) is 11.9. The second-order valence-electron chi connectivity index (χ2n) is 5.82. The number of primary amides is 1. The van der Waals surface area contributed by atoms with Crippen LogP contribution in [0.4, 0.5) is 11.6 Å². The predicted molar refractivity (Wildman–Crippen MR) is 93.3 cm³/mol. The molecule has 0 unspecified atom stereocenters. The average Bonchev–Trinajstić information content (AvgIpc) is 2.97. The van der Waals surface area contributed by atoms with Gasteiger partial charge in [0.15, 0.2) is 5.82 Å². The highest BCUT2D eigenvalue weighted by Crippen LogP contribution is 2.20. The van der Waals surface area contributed by atoms with E-state index in [1.54, 1.807) is 18.5 Å². The SMILES string of the molecule is Cc1cc(Nc2cc(C)[nH]n2)nc(C[C@H](C(N)=O)c2cccnc2)n1. The number of carbonyl (C=O) groups excluding carboxylic acids is 1. The van der Waals surface area contributed by atoms with Gasteiger partial charge in [-0.05, 0) is 25.5 Å². The van der Waals surface area contributed by atoms with Crippen LogP contribution in [0.1, 0.15) is 28.7 Å². The summed E-state index contributed by atoms with van der Waals surface area (Å²) in [4.78, 5) is 24.8. The average molecular weight is 337 g/mol. The van der Waals surface area contributed by atoms with E-state index in [1.165, 1.54) is 0 Å². The molecule has 128 valence electrons. The van der Waals surface area contributed by atoms with Crippen LogP contribution in [0.15, 0.2) is 36.7 Å². The molecule has 0 aromatic carbocycles. The van der Waals surface area contributed by atoms with Gasteiger partial charge in [-0.25, -0.2) is 9.97 Å². The minimum atomic E-state index is -0.532. The highest BCUT2D eigenvalue weighted by molar-refractivity contribution is 5.82. The zero-order valence-electron chi connectivity index (χ0n) is 14.0. The molecule has 3 aromatic heterocycles. The molecule has 1 amide bonds. The van der Waals surface area contributed by atoms with Crippen molar-refractivity contribution in [2.24, 2.45) is 5.73 Å². The van der Waals surface area contributed by atoms with Gasteiger partial charge in [0.2, 0.25) is 5.91 Å². The fourth-order valence-electron chi connectivity index (χ4n) is 2.55. The summed E-state index contributed by atoms with van der Waals surface area (Å²) in [5, 5.41) is 10.1. The zero-order valence-corrected chi connectivity index (χ0v) is 14.0. The van der Waals surface area contributed by atoms with Crippen LogP contribution in [0.3, 0.4) is 0 Å². The summed E-state index contributed by atoms with van der Waals surface area (Å²) in [6.45, 7) is 3.79. The number of aromatic nitrogens is 5. The first-order valence-electron chi connectivity index (χ1n) is 7.84. The van der Waals surface area contributed by atoms with Crippen LogP contribution < -0.4 is 11.1 Å².